The first-order valence-corrected chi connectivity index (χ1v) is 4.89. The summed E-state index contributed by atoms with van der Waals surface area (Å²) in [6, 6.07) is 3.42. The maximum absolute atomic E-state index is 10.8. The molecule has 0 saturated carbocycles. The summed E-state index contributed by atoms with van der Waals surface area (Å²) in [5.74, 6) is -0.853. The zero-order chi connectivity index (χ0) is 10.6. The van der Waals surface area contributed by atoms with Crippen molar-refractivity contribution in [1.29, 1.82) is 0 Å². The van der Waals surface area contributed by atoms with Gasteiger partial charge in [0.05, 0.1) is 0 Å². The molecule has 0 saturated heterocycles. The molecule has 84 valence electrons. The van der Waals surface area contributed by atoms with E-state index in [0.29, 0.717) is 5.56 Å². The molecule has 1 aromatic heterocycles. The fourth-order valence-corrected chi connectivity index (χ4v) is 1.43. The molecule has 0 aliphatic carbocycles. The Morgan fingerprint density at radius 2 is 2.20 bits per heavy atom. The van der Waals surface area contributed by atoms with E-state index < -0.39 is 5.97 Å². The second kappa shape index (κ2) is 6.56. The van der Waals surface area contributed by atoms with Crippen LogP contribution in [0.4, 0.5) is 0 Å². The first-order chi connectivity index (χ1) is 6.66. The van der Waals surface area contributed by atoms with Crippen molar-refractivity contribution in [3.05, 3.63) is 29.6 Å². The lowest BCUT2D eigenvalue weighted by molar-refractivity contribution is -0.703. The van der Waals surface area contributed by atoms with E-state index in [-0.39, 0.29) is 17.0 Å². The molecule has 0 amide bonds. The maximum Gasteiger partial charge on any atom is 0.342 e. The fourth-order valence-electron chi connectivity index (χ4n) is 1.43. The zero-order valence-electron chi connectivity index (χ0n) is 9.03. The molecule has 1 rings (SSSR count). The average molecular weight is 274 g/mol. The number of aryl methyl sites for hydroxylation is 1. The van der Waals surface area contributed by atoms with Gasteiger partial charge in [-0.1, -0.05) is 13.3 Å². The maximum atomic E-state index is 10.8. The Morgan fingerprint density at radius 3 is 2.73 bits per heavy atom. The van der Waals surface area contributed by atoms with Crippen LogP contribution in [-0.4, -0.2) is 11.1 Å². The smallest absolute Gasteiger partial charge is 0.342 e. The summed E-state index contributed by atoms with van der Waals surface area (Å²) in [5, 5.41) is 8.90. The molecule has 15 heavy (non-hydrogen) atoms. The Balaban J connectivity index is 0.00000196. The van der Waals surface area contributed by atoms with Crippen molar-refractivity contribution in [3.63, 3.8) is 0 Å². The number of halogens is 1. The van der Waals surface area contributed by atoms with Crippen LogP contribution in [0.25, 0.3) is 0 Å². The molecule has 1 N–H and O–H groups in total. The lowest BCUT2D eigenvalue weighted by atomic mass is 10.2. The minimum absolute atomic E-state index is 0. The largest absolute Gasteiger partial charge is 1.00 e. The van der Waals surface area contributed by atoms with Gasteiger partial charge in [0.25, 0.3) is 0 Å². The summed E-state index contributed by atoms with van der Waals surface area (Å²) < 4.78 is 1.99. The fraction of sp³-hybridized carbons (Fsp3) is 0.455. The third-order valence-corrected chi connectivity index (χ3v) is 2.33. The quantitative estimate of drug-likeness (QED) is 0.700. The number of carbonyl (C=O) groups is 1. The molecule has 0 unspecified atom stereocenters. The van der Waals surface area contributed by atoms with Crippen LogP contribution < -0.4 is 21.5 Å². The monoisotopic (exact) mass is 273 g/mol. The molecule has 0 aliphatic heterocycles. The number of unbranched alkanes of at least 4 members (excludes halogenated alkanes) is 1. The molecule has 3 nitrogen and oxygen atoms in total. The first-order valence-electron chi connectivity index (χ1n) is 4.89. The molecule has 0 aromatic carbocycles. The normalized spacial score (nSPS) is 9.47. The van der Waals surface area contributed by atoms with E-state index in [4.69, 9.17) is 5.11 Å². The van der Waals surface area contributed by atoms with E-state index in [1.165, 1.54) is 0 Å². The van der Waals surface area contributed by atoms with E-state index >= 15 is 0 Å². The van der Waals surface area contributed by atoms with Gasteiger partial charge in [-0.15, -0.1) is 0 Å². The van der Waals surface area contributed by atoms with Crippen LogP contribution >= 0.6 is 0 Å². The third-order valence-electron chi connectivity index (χ3n) is 2.33. The molecule has 0 spiro atoms. The summed E-state index contributed by atoms with van der Waals surface area (Å²) in [6.45, 7) is 4.86. The average Bonchev–Trinajstić information content (AvgIpc) is 2.16. The van der Waals surface area contributed by atoms with Gasteiger partial charge in [-0.05, 0) is 6.07 Å². The van der Waals surface area contributed by atoms with Crippen LogP contribution in [0.3, 0.4) is 0 Å². The molecule has 0 bridgehead atoms. The van der Waals surface area contributed by atoms with Crippen LogP contribution in [0, 0.1) is 6.92 Å². The molecule has 0 fully saturated rings. The summed E-state index contributed by atoms with van der Waals surface area (Å²) in [4.78, 5) is 10.8. The highest BCUT2D eigenvalue weighted by atomic mass is 79.9. The number of carboxylic acids is 1. The van der Waals surface area contributed by atoms with Gasteiger partial charge in [0.2, 0.25) is 0 Å². The Kier molecular flexibility index (Phi) is 6.17. The van der Waals surface area contributed by atoms with Gasteiger partial charge in [-0.2, -0.15) is 0 Å². The van der Waals surface area contributed by atoms with Gasteiger partial charge in [-0.3, -0.25) is 0 Å². The highest BCUT2D eigenvalue weighted by Crippen LogP contribution is 2.02. The van der Waals surface area contributed by atoms with Gasteiger partial charge in [0.15, 0.2) is 11.9 Å². The van der Waals surface area contributed by atoms with Crippen molar-refractivity contribution in [2.24, 2.45) is 0 Å². The number of nitrogens with zero attached hydrogens (tertiary/aromatic N) is 1. The van der Waals surface area contributed by atoms with Crippen molar-refractivity contribution in [2.75, 3.05) is 0 Å². The highest BCUT2D eigenvalue weighted by molar-refractivity contribution is 5.88. The predicted octanol–water partition coefficient (Wildman–Crippen LogP) is -1.22. The number of aromatic nitrogens is 1. The summed E-state index contributed by atoms with van der Waals surface area (Å²) in [7, 11) is 0. The zero-order valence-corrected chi connectivity index (χ0v) is 10.6. The van der Waals surface area contributed by atoms with Gasteiger partial charge < -0.3 is 22.1 Å². The summed E-state index contributed by atoms with van der Waals surface area (Å²) in [5.41, 5.74) is 1.22. The van der Waals surface area contributed by atoms with Crippen molar-refractivity contribution < 1.29 is 31.4 Å². The molecule has 1 heterocycles. The second-order valence-corrected chi connectivity index (χ2v) is 3.36. The number of aromatic carboxylic acids is 1. The van der Waals surface area contributed by atoms with Crippen LogP contribution in [0.15, 0.2) is 18.3 Å². The number of hydrogen-bond acceptors (Lipinski definition) is 1. The first kappa shape index (κ1) is 14.1. The van der Waals surface area contributed by atoms with Gasteiger partial charge in [0.1, 0.15) is 12.1 Å². The molecule has 4 heteroatoms. The van der Waals surface area contributed by atoms with Gasteiger partial charge >= 0.3 is 5.97 Å². The van der Waals surface area contributed by atoms with Crippen molar-refractivity contribution >= 4 is 5.97 Å². The summed E-state index contributed by atoms with van der Waals surface area (Å²) in [6.07, 6.45) is 4.12. The van der Waals surface area contributed by atoms with E-state index in [1.54, 1.807) is 12.1 Å². The number of hydrogen-bond donors (Lipinski definition) is 1. The van der Waals surface area contributed by atoms with Crippen LogP contribution in [0.2, 0.25) is 0 Å². The SMILES string of the molecule is CCCC[n+]1cccc(C(=O)O)c1C.[Br-]. The summed E-state index contributed by atoms with van der Waals surface area (Å²) >= 11 is 0. The number of pyridine rings is 1. The molecular formula is C11H16BrNO2. The Morgan fingerprint density at radius 1 is 1.53 bits per heavy atom. The van der Waals surface area contributed by atoms with E-state index in [2.05, 4.69) is 6.92 Å². The van der Waals surface area contributed by atoms with Gasteiger partial charge in [0, 0.05) is 19.4 Å². The minimum atomic E-state index is -0.853. The standard InChI is InChI=1S/C11H15NO2.BrH/c1-3-4-7-12-8-5-6-10(9(12)2)11(13)14;/h5-6,8H,3-4,7H2,1-2H3;1H. The molecule has 0 radical (unpaired) electrons. The number of carboxylic acid groups (broad SMARTS) is 1. The number of rotatable bonds is 4. The van der Waals surface area contributed by atoms with Crippen LogP contribution in [0.1, 0.15) is 35.8 Å². The molecular weight excluding hydrogens is 258 g/mol. The highest BCUT2D eigenvalue weighted by Gasteiger charge is 2.15. The molecule has 0 atom stereocenters. The Bertz CT molecular complexity index is 339. The van der Waals surface area contributed by atoms with E-state index in [1.807, 2.05) is 17.7 Å². The lowest BCUT2D eigenvalue weighted by Crippen LogP contribution is -3.00. The Hall–Kier alpha value is -0.900. The predicted molar refractivity (Wildman–Crippen MR) is 53.2 cm³/mol. The van der Waals surface area contributed by atoms with Crippen LogP contribution in [-0.2, 0) is 6.54 Å². The molecule has 1 aromatic rings. The topological polar surface area (TPSA) is 41.2 Å². The van der Waals surface area contributed by atoms with Crippen molar-refractivity contribution in [3.8, 4) is 0 Å². The van der Waals surface area contributed by atoms with Crippen LogP contribution in [0.5, 0.6) is 0 Å². The van der Waals surface area contributed by atoms with Gasteiger partial charge in [-0.25, -0.2) is 9.36 Å². The van der Waals surface area contributed by atoms with Crippen molar-refractivity contribution in [1.82, 2.24) is 0 Å². The second-order valence-electron chi connectivity index (χ2n) is 3.36. The van der Waals surface area contributed by atoms with E-state index in [0.717, 1.165) is 25.1 Å². The van der Waals surface area contributed by atoms with E-state index in [9.17, 15) is 4.79 Å². The Labute approximate surface area is 101 Å². The molecule has 0 aliphatic rings. The minimum Gasteiger partial charge on any atom is -1.00 e. The van der Waals surface area contributed by atoms with Crippen molar-refractivity contribution in [2.45, 2.75) is 33.2 Å². The third kappa shape index (κ3) is 3.63. The lowest BCUT2D eigenvalue weighted by Gasteiger charge is -2.01.